The van der Waals surface area contributed by atoms with Crippen molar-refractivity contribution in [2.24, 2.45) is 0 Å². The molecular weight excluding hydrogens is 861 g/mol. The van der Waals surface area contributed by atoms with Crippen LogP contribution < -0.4 is 78.6 Å². The molecule has 62 heavy (non-hydrogen) atoms. The maximum atomic E-state index is 13.7. The minimum atomic E-state index is -4.95. The molecule has 0 spiro atoms. The molecule has 7 aromatic rings. The summed E-state index contributed by atoms with van der Waals surface area (Å²) in [5, 5.41) is 9.50. The van der Waals surface area contributed by atoms with Crippen molar-refractivity contribution in [3.05, 3.63) is 130 Å². The summed E-state index contributed by atoms with van der Waals surface area (Å²) < 4.78 is 79.8. The predicted molar refractivity (Wildman–Crippen MR) is 220 cm³/mol. The van der Waals surface area contributed by atoms with Crippen LogP contribution in [0, 0.1) is 0 Å². The Morgan fingerprint density at radius 2 is 0.952 bits per heavy atom. The van der Waals surface area contributed by atoms with Gasteiger partial charge in [0.15, 0.2) is 0 Å². The molecule has 4 aromatic carbocycles. The van der Waals surface area contributed by atoms with E-state index in [0.717, 1.165) is 51.4 Å². The second-order valence-corrected chi connectivity index (χ2v) is 16.1. The summed E-state index contributed by atoms with van der Waals surface area (Å²) >= 11 is 0. The first-order chi connectivity index (χ1) is 28.8. The zero-order valence-electron chi connectivity index (χ0n) is 34.1. The third-order valence-electron chi connectivity index (χ3n) is 9.77. The number of benzene rings is 4. The largest absolute Gasteiger partial charge is 1.00 e. The van der Waals surface area contributed by atoms with Gasteiger partial charge in [0.2, 0.25) is 0 Å². The Hall–Kier alpha value is -4.28. The van der Waals surface area contributed by atoms with Crippen molar-refractivity contribution in [1.82, 2.24) is 34.1 Å². The Balaban J connectivity index is 0.00000363. The minimum absolute atomic E-state index is 0. The van der Waals surface area contributed by atoms with E-state index in [-0.39, 0.29) is 88.3 Å². The van der Waals surface area contributed by atoms with Crippen LogP contribution in [0.3, 0.4) is 0 Å². The zero-order chi connectivity index (χ0) is 42.3. The topological polar surface area (TPSA) is 233 Å². The third kappa shape index (κ3) is 12.9. The van der Waals surface area contributed by atoms with Crippen molar-refractivity contribution in [2.75, 3.05) is 0 Å². The summed E-state index contributed by atoms with van der Waals surface area (Å²) in [6.07, 6.45) is 9.49. The van der Waals surface area contributed by atoms with Crippen molar-refractivity contribution >= 4 is 42.6 Å². The first-order valence-corrected chi connectivity index (χ1v) is 21.9. The van der Waals surface area contributed by atoms with E-state index >= 15 is 0 Å². The number of unbranched alkanes of at least 4 members (excludes halogenated alkanes) is 7. The zero-order valence-corrected chi connectivity index (χ0v) is 39.8. The SMILES string of the molecule is O=c1c2ccccc2nc(-c2ccc(OS(=O)(=O)[O-])cc2)n1CCCCCCCCCCn1cc(Cn2c(-c3ccc(OS(=O)(=O)[O-])cc3)nc3ccccc3c2=O)nn1.[Na+].[Na+]. The standard InChI is InChI=1S/C41H41N7O10S2.2Na/c49-40-34-13-7-9-15-36(34)42-38(29-17-21-32(22-18-29)57-59(51,52)53)47(40)26-12-6-4-2-1-3-5-11-25-46-27-31(44-45-46)28-48-39(43-37-16-10-8-14-35(37)41(48)50)30-19-23-33(24-20-30)58-60(54,55)56;;/h7-10,13-24,27H,1-6,11-12,25-26,28H2,(H,51,52,53)(H,54,55,56);;/q;2*+1/p-2. The fourth-order valence-electron chi connectivity index (χ4n) is 6.97. The molecule has 0 saturated heterocycles. The average Bonchev–Trinajstić information content (AvgIpc) is 3.67. The molecule has 0 fully saturated rings. The number of aryl methyl sites for hydroxylation is 1. The number of aromatic nitrogens is 7. The van der Waals surface area contributed by atoms with E-state index in [4.69, 9.17) is 9.97 Å². The van der Waals surface area contributed by atoms with Gasteiger partial charge < -0.3 is 17.5 Å². The summed E-state index contributed by atoms with van der Waals surface area (Å²) in [5.41, 5.74) is 2.23. The molecule has 3 aromatic heterocycles. The molecule has 312 valence electrons. The molecular formula is C41H39N7Na2O10S2. The summed E-state index contributed by atoms with van der Waals surface area (Å²) in [4.78, 5) is 36.6. The van der Waals surface area contributed by atoms with Gasteiger partial charge in [-0.3, -0.25) is 23.4 Å². The average molecular weight is 900 g/mol. The van der Waals surface area contributed by atoms with Crippen LogP contribution in [0.15, 0.2) is 113 Å². The Kier molecular flexibility index (Phi) is 17.2. The van der Waals surface area contributed by atoms with Gasteiger partial charge in [0, 0.05) is 24.2 Å². The number of nitrogens with zero attached hydrogens (tertiary/aromatic N) is 7. The fraction of sp³-hybridized carbons (Fsp3) is 0.268. The smallest absolute Gasteiger partial charge is 0.716 e. The van der Waals surface area contributed by atoms with Crippen molar-refractivity contribution in [2.45, 2.75) is 71.0 Å². The predicted octanol–water partition coefficient (Wildman–Crippen LogP) is -0.413. The maximum Gasteiger partial charge on any atom is 1.00 e. The first kappa shape index (κ1) is 48.7. The van der Waals surface area contributed by atoms with Crippen LogP contribution in [-0.4, -0.2) is 60.0 Å². The molecule has 3 heterocycles. The molecule has 0 unspecified atom stereocenters. The molecule has 0 aliphatic heterocycles. The number of fused-ring (bicyclic) bond motifs is 2. The summed E-state index contributed by atoms with van der Waals surface area (Å²) in [6.45, 7) is 1.19. The van der Waals surface area contributed by atoms with Gasteiger partial charge in [0.05, 0.1) is 34.5 Å². The molecule has 0 radical (unpaired) electrons. The van der Waals surface area contributed by atoms with Crippen molar-refractivity contribution < 1.29 is 93.4 Å². The Labute approximate surface area is 401 Å². The minimum Gasteiger partial charge on any atom is -0.716 e. The number of hydrogen-bond acceptors (Lipinski definition) is 14. The van der Waals surface area contributed by atoms with E-state index < -0.39 is 20.8 Å². The van der Waals surface area contributed by atoms with Gasteiger partial charge >= 0.3 is 59.1 Å². The van der Waals surface area contributed by atoms with Crippen LogP contribution in [0.25, 0.3) is 44.6 Å². The van der Waals surface area contributed by atoms with Gasteiger partial charge in [-0.2, -0.15) is 0 Å². The second kappa shape index (κ2) is 21.9. The fourth-order valence-corrected chi connectivity index (χ4v) is 7.67. The molecule has 7 rings (SSSR count). The van der Waals surface area contributed by atoms with Gasteiger partial charge in [-0.1, -0.05) is 68.0 Å². The van der Waals surface area contributed by atoms with Crippen LogP contribution in [0.4, 0.5) is 0 Å². The van der Waals surface area contributed by atoms with E-state index in [2.05, 4.69) is 18.7 Å². The van der Waals surface area contributed by atoms with E-state index in [1.54, 1.807) is 76.1 Å². The number of rotatable bonds is 19. The molecule has 0 amide bonds. The van der Waals surface area contributed by atoms with Crippen molar-refractivity contribution in [1.29, 1.82) is 0 Å². The molecule has 0 aliphatic rings. The molecule has 21 heteroatoms. The normalized spacial score (nSPS) is 11.6. The van der Waals surface area contributed by atoms with Crippen LogP contribution in [0.1, 0.15) is 57.1 Å². The molecule has 17 nitrogen and oxygen atoms in total. The van der Waals surface area contributed by atoms with E-state index in [1.165, 1.54) is 41.0 Å². The van der Waals surface area contributed by atoms with Crippen molar-refractivity contribution in [3.63, 3.8) is 0 Å². The van der Waals surface area contributed by atoms with Gasteiger partial charge in [-0.05, 0) is 85.6 Å². The van der Waals surface area contributed by atoms with Crippen LogP contribution in [-0.2, 0) is 40.4 Å². The Bertz CT molecular complexity index is 2980. The van der Waals surface area contributed by atoms with Crippen LogP contribution in [0.5, 0.6) is 11.5 Å². The summed E-state index contributed by atoms with van der Waals surface area (Å²) in [7, 11) is -9.86. The molecule has 0 atom stereocenters. The van der Waals surface area contributed by atoms with Crippen molar-refractivity contribution in [3.8, 4) is 34.3 Å². The number of hydrogen-bond donors (Lipinski definition) is 0. The number of para-hydroxylation sites is 2. The van der Waals surface area contributed by atoms with E-state index in [0.29, 0.717) is 63.4 Å². The molecule has 0 bridgehead atoms. The van der Waals surface area contributed by atoms with Gasteiger partial charge in [-0.15, -0.1) is 5.10 Å². The van der Waals surface area contributed by atoms with Gasteiger partial charge in [-0.25, -0.2) is 26.8 Å². The Morgan fingerprint density at radius 1 is 0.532 bits per heavy atom. The molecule has 0 aliphatic carbocycles. The summed E-state index contributed by atoms with van der Waals surface area (Å²) in [5.74, 6) is 0.480. The molecule has 0 N–H and O–H groups in total. The molecule has 0 saturated carbocycles. The first-order valence-electron chi connectivity index (χ1n) is 19.2. The van der Waals surface area contributed by atoms with Gasteiger partial charge in [0.1, 0.15) is 28.8 Å². The van der Waals surface area contributed by atoms with E-state index in [1.807, 2.05) is 0 Å². The quantitative estimate of drug-likeness (QED) is 0.0435. The van der Waals surface area contributed by atoms with Crippen LogP contribution in [0.2, 0.25) is 0 Å². The monoisotopic (exact) mass is 899 g/mol. The third-order valence-corrected chi connectivity index (χ3v) is 10.6. The van der Waals surface area contributed by atoms with E-state index in [9.17, 15) is 35.5 Å². The Morgan fingerprint density at radius 3 is 1.44 bits per heavy atom. The van der Waals surface area contributed by atoms with Crippen LogP contribution >= 0.6 is 0 Å². The van der Waals surface area contributed by atoms with Gasteiger partial charge in [0.25, 0.3) is 31.9 Å². The summed E-state index contributed by atoms with van der Waals surface area (Å²) in [6, 6.07) is 25.6. The second-order valence-electron chi connectivity index (χ2n) is 14.1. The maximum absolute atomic E-state index is 13.7.